The van der Waals surface area contributed by atoms with Gasteiger partial charge < -0.3 is 4.57 Å². The summed E-state index contributed by atoms with van der Waals surface area (Å²) in [4.78, 5) is 29.0. The van der Waals surface area contributed by atoms with E-state index in [-0.39, 0.29) is 17.1 Å². The number of aryl methyl sites for hydroxylation is 2. The zero-order valence-electron chi connectivity index (χ0n) is 11.3. The molecule has 6 nitrogen and oxygen atoms in total. The summed E-state index contributed by atoms with van der Waals surface area (Å²) in [5.41, 5.74) is 0.281. The maximum atomic E-state index is 12.4. The first-order chi connectivity index (χ1) is 9.10. The summed E-state index contributed by atoms with van der Waals surface area (Å²) in [5.74, 6) is 0.832. The minimum absolute atomic E-state index is 0.214. The number of fused-ring (bicyclic) bond motifs is 1. The summed E-state index contributed by atoms with van der Waals surface area (Å²) >= 11 is 5.86. The van der Waals surface area contributed by atoms with Crippen LogP contribution in [0.5, 0.6) is 0 Å². The van der Waals surface area contributed by atoms with Crippen molar-refractivity contribution in [1.82, 2.24) is 18.7 Å². The maximum Gasteiger partial charge on any atom is 0.332 e. The zero-order chi connectivity index (χ0) is 14.2. The molecular formula is C12H17ClN4O2. The van der Waals surface area contributed by atoms with Crippen molar-refractivity contribution in [3.8, 4) is 0 Å². The van der Waals surface area contributed by atoms with Crippen LogP contribution in [0.25, 0.3) is 11.2 Å². The van der Waals surface area contributed by atoms with Gasteiger partial charge >= 0.3 is 5.69 Å². The molecule has 0 bridgehead atoms. The Balaban J connectivity index is 3.07. The van der Waals surface area contributed by atoms with E-state index in [2.05, 4.69) is 4.98 Å². The van der Waals surface area contributed by atoms with Crippen LogP contribution < -0.4 is 11.2 Å². The molecule has 0 unspecified atom stereocenters. The molecule has 0 radical (unpaired) electrons. The molecule has 0 saturated heterocycles. The Morgan fingerprint density at radius 1 is 1.00 bits per heavy atom. The van der Waals surface area contributed by atoms with Gasteiger partial charge in [-0.3, -0.25) is 13.9 Å². The second-order valence-corrected chi connectivity index (χ2v) is 4.42. The summed E-state index contributed by atoms with van der Waals surface area (Å²) in [6, 6.07) is 0. The molecule has 2 aromatic heterocycles. The number of halogens is 1. The Morgan fingerprint density at radius 2 is 1.58 bits per heavy atom. The lowest BCUT2D eigenvalue weighted by molar-refractivity contribution is 0.602. The third-order valence-electron chi connectivity index (χ3n) is 3.26. The molecule has 0 amide bonds. The molecule has 0 aliphatic rings. The predicted octanol–water partition coefficient (Wildman–Crippen LogP) is 1.16. The Hall–Kier alpha value is -1.56. The fraction of sp³-hybridized carbons (Fsp3) is 0.583. The van der Waals surface area contributed by atoms with Gasteiger partial charge in [-0.2, -0.15) is 0 Å². The van der Waals surface area contributed by atoms with Gasteiger partial charge in [0.15, 0.2) is 11.2 Å². The molecule has 0 atom stereocenters. The lowest BCUT2D eigenvalue weighted by Crippen LogP contribution is -2.40. The number of hydrogen-bond acceptors (Lipinski definition) is 3. The Kier molecular flexibility index (Phi) is 3.80. The van der Waals surface area contributed by atoms with Crippen LogP contribution in [0.2, 0.25) is 0 Å². The number of nitrogens with zero attached hydrogens (tertiary/aromatic N) is 4. The van der Waals surface area contributed by atoms with E-state index in [4.69, 9.17) is 11.6 Å². The topological polar surface area (TPSA) is 61.8 Å². The first kappa shape index (κ1) is 13.9. The lowest BCUT2D eigenvalue weighted by atomic mass is 10.4. The predicted molar refractivity (Wildman–Crippen MR) is 74.8 cm³/mol. The monoisotopic (exact) mass is 284 g/mol. The highest BCUT2D eigenvalue weighted by Crippen LogP contribution is 2.13. The molecule has 0 fully saturated rings. The second kappa shape index (κ2) is 5.21. The third-order valence-corrected chi connectivity index (χ3v) is 3.50. The minimum Gasteiger partial charge on any atom is -0.321 e. The highest BCUT2D eigenvalue weighted by molar-refractivity contribution is 6.16. The molecule has 2 aromatic rings. The lowest BCUT2D eigenvalue weighted by Gasteiger charge is -2.09. The van der Waals surface area contributed by atoms with Crippen molar-refractivity contribution >= 4 is 22.8 Å². The van der Waals surface area contributed by atoms with E-state index in [1.807, 2.05) is 13.8 Å². The van der Waals surface area contributed by atoms with Crippen LogP contribution >= 0.6 is 11.6 Å². The van der Waals surface area contributed by atoms with Crippen molar-refractivity contribution in [3.63, 3.8) is 0 Å². The van der Waals surface area contributed by atoms with Gasteiger partial charge in [-0.1, -0.05) is 0 Å². The Labute approximate surface area is 115 Å². The highest BCUT2D eigenvalue weighted by Gasteiger charge is 2.19. The first-order valence-corrected chi connectivity index (χ1v) is 6.92. The van der Waals surface area contributed by atoms with Crippen molar-refractivity contribution in [2.24, 2.45) is 0 Å². The Morgan fingerprint density at radius 3 is 2.05 bits per heavy atom. The van der Waals surface area contributed by atoms with Crippen LogP contribution in [0.4, 0.5) is 0 Å². The second-order valence-electron chi connectivity index (χ2n) is 4.15. The molecule has 7 heteroatoms. The molecule has 2 heterocycles. The fourth-order valence-electron chi connectivity index (χ4n) is 2.34. The van der Waals surface area contributed by atoms with E-state index in [1.54, 1.807) is 11.5 Å². The molecule has 0 aliphatic carbocycles. The average Bonchev–Trinajstić information content (AvgIpc) is 2.78. The first-order valence-electron chi connectivity index (χ1n) is 6.39. The van der Waals surface area contributed by atoms with Gasteiger partial charge in [0.05, 0.1) is 5.88 Å². The summed E-state index contributed by atoms with van der Waals surface area (Å²) in [7, 11) is 0. The summed E-state index contributed by atoms with van der Waals surface area (Å²) < 4.78 is 4.53. The molecule has 19 heavy (non-hydrogen) atoms. The van der Waals surface area contributed by atoms with Crippen molar-refractivity contribution in [2.75, 3.05) is 0 Å². The molecule has 0 aliphatic heterocycles. The molecule has 2 rings (SSSR count). The molecule has 0 aromatic carbocycles. The van der Waals surface area contributed by atoms with Crippen molar-refractivity contribution in [1.29, 1.82) is 0 Å². The number of rotatable bonds is 4. The van der Waals surface area contributed by atoms with Gasteiger partial charge in [-0.05, 0) is 20.8 Å². The van der Waals surface area contributed by atoms with E-state index < -0.39 is 0 Å². The molecule has 0 N–H and O–H groups in total. The van der Waals surface area contributed by atoms with Gasteiger partial charge in [0, 0.05) is 19.6 Å². The number of aromatic nitrogens is 4. The van der Waals surface area contributed by atoms with E-state index in [0.29, 0.717) is 36.6 Å². The number of hydrogen-bond donors (Lipinski definition) is 0. The average molecular weight is 285 g/mol. The van der Waals surface area contributed by atoms with Crippen LogP contribution in [0.1, 0.15) is 26.6 Å². The molecular weight excluding hydrogens is 268 g/mol. The highest BCUT2D eigenvalue weighted by atomic mass is 35.5. The minimum atomic E-state index is -0.315. The van der Waals surface area contributed by atoms with Gasteiger partial charge in [-0.25, -0.2) is 9.78 Å². The van der Waals surface area contributed by atoms with E-state index in [9.17, 15) is 9.59 Å². The van der Waals surface area contributed by atoms with Gasteiger partial charge in [0.25, 0.3) is 5.56 Å². The molecule has 0 saturated carbocycles. The van der Waals surface area contributed by atoms with Crippen LogP contribution in [0.15, 0.2) is 9.59 Å². The third kappa shape index (κ3) is 1.90. The van der Waals surface area contributed by atoms with Crippen molar-refractivity contribution < 1.29 is 0 Å². The number of alkyl halides is 1. The zero-order valence-corrected chi connectivity index (χ0v) is 12.1. The Bertz CT molecular complexity index is 726. The SMILES string of the molecule is CCn1c(=O)c2c(nc(CCl)n2CC)n(CC)c1=O. The van der Waals surface area contributed by atoms with Gasteiger partial charge in [0.2, 0.25) is 0 Å². The normalized spacial score (nSPS) is 11.4. The van der Waals surface area contributed by atoms with Gasteiger partial charge in [-0.15, -0.1) is 11.6 Å². The summed E-state index contributed by atoms with van der Waals surface area (Å²) in [5, 5.41) is 0. The largest absolute Gasteiger partial charge is 0.332 e. The van der Waals surface area contributed by atoms with Crippen molar-refractivity contribution in [2.45, 2.75) is 46.3 Å². The van der Waals surface area contributed by atoms with Crippen LogP contribution in [0, 0.1) is 0 Å². The van der Waals surface area contributed by atoms with Crippen LogP contribution in [-0.4, -0.2) is 18.7 Å². The standard InChI is InChI=1S/C12H17ClN4O2/c1-4-15-8(7-13)14-10-9(15)11(18)17(6-3)12(19)16(10)5-2/h4-7H2,1-3H3. The maximum absolute atomic E-state index is 12.4. The summed E-state index contributed by atoms with van der Waals surface area (Å²) in [6.45, 7) is 6.98. The van der Waals surface area contributed by atoms with Gasteiger partial charge in [0.1, 0.15) is 5.82 Å². The van der Waals surface area contributed by atoms with E-state index >= 15 is 0 Å². The smallest absolute Gasteiger partial charge is 0.321 e. The summed E-state index contributed by atoms with van der Waals surface area (Å²) in [6.07, 6.45) is 0. The quantitative estimate of drug-likeness (QED) is 0.792. The molecule has 104 valence electrons. The van der Waals surface area contributed by atoms with Crippen LogP contribution in [-0.2, 0) is 25.5 Å². The van der Waals surface area contributed by atoms with E-state index in [1.165, 1.54) is 9.13 Å². The van der Waals surface area contributed by atoms with Crippen molar-refractivity contribution in [3.05, 3.63) is 26.7 Å². The van der Waals surface area contributed by atoms with E-state index in [0.717, 1.165) is 0 Å². The molecule has 0 spiro atoms. The number of imidazole rings is 1. The fourth-order valence-corrected chi connectivity index (χ4v) is 2.55. The van der Waals surface area contributed by atoms with Crippen LogP contribution in [0.3, 0.4) is 0 Å².